The van der Waals surface area contributed by atoms with Crippen molar-refractivity contribution in [2.75, 3.05) is 6.61 Å². The van der Waals surface area contributed by atoms with Gasteiger partial charge in [-0.25, -0.2) is 9.78 Å². The van der Waals surface area contributed by atoms with Gasteiger partial charge in [0.1, 0.15) is 11.3 Å². The van der Waals surface area contributed by atoms with Crippen LogP contribution in [0.15, 0.2) is 24.4 Å². The predicted octanol–water partition coefficient (Wildman–Crippen LogP) is 2.25. The summed E-state index contributed by atoms with van der Waals surface area (Å²) in [5, 5.41) is 0. The Morgan fingerprint density at radius 1 is 1.56 bits per heavy atom. The van der Waals surface area contributed by atoms with Gasteiger partial charge in [-0.2, -0.15) is 0 Å². The van der Waals surface area contributed by atoms with Crippen molar-refractivity contribution in [3.63, 3.8) is 0 Å². The van der Waals surface area contributed by atoms with E-state index in [4.69, 9.17) is 16.3 Å². The lowest BCUT2D eigenvalue weighted by Crippen LogP contribution is -2.09. The van der Waals surface area contributed by atoms with Crippen molar-refractivity contribution in [1.82, 2.24) is 9.38 Å². The number of rotatable bonds is 3. The Hall–Kier alpha value is -1.55. The van der Waals surface area contributed by atoms with Crippen molar-refractivity contribution in [3.8, 4) is 0 Å². The molecule has 0 aliphatic heterocycles. The Bertz CT molecular complexity index is 522. The number of ether oxygens (including phenoxy) is 1. The average Bonchev–Trinajstić information content (AvgIpc) is 2.71. The zero-order chi connectivity index (χ0) is 11.5. The number of alkyl halides is 1. The summed E-state index contributed by atoms with van der Waals surface area (Å²) >= 11 is 5.70. The van der Waals surface area contributed by atoms with Crippen LogP contribution in [0.5, 0.6) is 0 Å². The molecule has 0 aliphatic carbocycles. The summed E-state index contributed by atoms with van der Waals surface area (Å²) in [5.74, 6) is -0.0316. The second kappa shape index (κ2) is 4.53. The molecular formula is C11H11ClN2O2. The minimum absolute atomic E-state index is 0.323. The van der Waals surface area contributed by atoms with E-state index in [2.05, 4.69) is 4.98 Å². The molecule has 0 aliphatic rings. The molecule has 0 fully saturated rings. The highest BCUT2D eigenvalue weighted by Gasteiger charge is 2.12. The molecule has 5 heteroatoms. The highest BCUT2D eigenvalue weighted by atomic mass is 35.5. The molecular weight excluding hydrogens is 228 g/mol. The van der Waals surface area contributed by atoms with Gasteiger partial charge in [-0.1, -0.05) is 6.07 Å². The van der Waals surface area contributed by atoms with Crippen LogP contribution in [0, 0.1) is 0 Å². The molecule has 4 nitrogen and oxygen atoms in total. The molecule has 16 heavy (non-hydrogen) atoms. The van der Waals surface area contributed by atoms with Crippen molar-refractivity contribution in [2.45, 2.75) is 12.8 Å². The van der Waals surface area contributed by atoms with Gasteiger partial charge in [0.2, 0.25) is 0 Å². The summed E-state index contributed by atoms with van der Waals surface area (Å²) < 4.78 is 6.65. The van der Waals surface area contributed by atoms with Crippen LogP contribution in [-0.2, 0) is 10.6 Å². The molecule has 0 atom stereocenters. The number of halogens is 1. The zero-order valence-corrected chi connectivity index (χ0v) is 9.57. The fourth-order valence-corrected chi connectivity index (χ4v) is 1.63. The number of aromatic nitrogens is 2. The lowest BCUT2D eigenvalue weighted by molar-refractivity contribution is 0.0517. The monoisotopic (exact) mass is 238 g/mol. The molecule has 0 aromatic carbocycles. The summed E-state index contributed by atoms with van der Waals surface area (Å²) in [4.78, 5) is 15.9. The van der Waals surface area contributed by atoms with E-state index in [1.165, 1.54) is 0 Å². The van der Waals surface area contributed by atoms with Crippen LogP contribution < -0.4 is 0 Å². The maximum absolute atomic E-state index is 11.7. The van der Waals surface area contributed by atoms with Crippen LogP contribution in [0.1, 0.15) is 23.1 Å². The van der Waals surface area contributed by atoms with Gasteiger partial charge in [0, 0.05) is 6.20 Å². The van der Waals surface area contributed by atoms with Crippen molar-refractivity contribution >= 4 is 23.2 Å². The molecule has 2 rings (SSSR count). The number of fused-ring (bicyclic) bond motifs is 1. The summed E-state index contributed by atoms with van der Waals surface area (Å²) in [5.41, 5.74) is 1.89. The second-order valence-electron chi connectivity index (χ2n) is 3.23. The first-order valence-electron chi connectivity index (χ1n) is 4.96. The normalized spacial score (nSPS) is 10.6. The van der Waals surface area contributed by atoms with Gasteiger partial charge in [0.25, 0.3) is 0 Å². The second-order valence-corrected chi connectivity index (χ2v) is 3.49. The topological polar surface area (TPSA) is 43.6 Å². The van der Waals surface area contributed by atoms with Gasteiger partial charge in [0.05, 0.1) is 18.2 Å². The summed E-state index contributed by atoms with van der Waals surface area (Å²) in [6, 6.07) is 5.29. The lowest BCUT2D eigenvalue weighted by atomic mass is 10.3. The third-order valence-electron chi connectivity index (χ3n) is 2.16. The molecule has 0 spiro atoms. The molecule has 0 unspecified atom stereocenters. The predicted molar refractivity (Wildman–Crippen MR) is 60.7 cm³/mol. The van der Waals surface area contributed by atoms with Crippen molar-refractivity contribution < 1.29 is 9.53 Å². The molecule has 0 bridgehead atoms. The van der Waals surface area contributed by atoms with Crippen LogP contribution in [0.4, 0.5) is 0 Å². The van der Waals surface area contributed by atoms with Crippen molar-refractivity contribution in [3.05, 3.63) is 35.8 Å². The largest absolute Gasteiger partial charge is 0.461 e. The zero-order valence-electron chi connectivity index (χ0n) is 8.81. The van der Waals surface area contributed by atoms with Crippen molar-refractivity contribution in [2.24, 2.45) is 0 Å². The van der Waals surface area contributed by atoms with E-state index in [0.29, 0.717) is 23.8 Å². The molecule has 2 aromatic rings. The lowest BCUT2D eigenvalue weighted by Gasteiger charge is -2.03. The number of carbonyl (C=O) groups excluding carboxylic acids is 1. The summed E-state index contributed by atoms with van der Waals surface area (Å²) in [7, 11) is 0. The number of pyridine rings is 1. The third kappa shape index (κ3) is 1.88. The van der Waals surface area contributed by atoms with Gasteiger partial charge in [-0.3, -0.25) is 4.40 Å². The van der Waals surface area contributed by atoms with E-state index in [0.717, 1.165) is 5.69 Å². The number of imidazole rings is 1. The Labute approximate surface area is 97.8 Å². The fraction of sp³-hybridized carbons (Fsp3) is 0.273. The van der Waals surface area contributed by atoms with E-state index < -0.39 is 0 Å². The first-order valence-corrected chi connectivity index (χ1v) is 5.49. The smallest absolute Gasteiger partial charge is 0.355 e. The van der Waals surface area contributed by atoms with E-state index in [1.54, 1.807) is 29.7 Å². The van der Waals surface area contributed by atoms with E-state index in [-0.39, 0.29) is 5.97 Å². The maximum atomic E-state index is 11.7. The van der Waals surface area contributed by atoms with Crippen LogP contribution in [0.25, 0.3) is 5.65 Å². The van der Waals surface area contributed by atoms with Gasteiger partial charge >= 0.3 is 5.97 Å². The van der Waals surface area contributed by atoms with E-state index in [1.807, 2.05) is 6.07 Å². The summed E-state index contributed by atoms with van der Waals surface area (Å²) in [6.07, 6.45) is 1.74. The molecule has 0 saturated carbocycles. The summed E-state index contributed by atoms with van der Waals surface area (Å²) in [6.45, 7) is 2.13. The van der Waals surface area contributed by atoms with Gasteiger partial charge in [-0.05, 0) is 19.1 Å². The molecule has 2 aromatic heterocycles. The number of hydrogen-bond acceptors (Lipinski definition) is 3. The van der Waals surface area contributed by atoms with Gasteiger partial charge in [-0.15, -0.1) is 11.6 Å². The average molecular weight is 239 g/mol. The number of hydrogen-bond donors (Lipinski definition) is 0. The van der Waals surface area contributed by atoms with Crippen LogP contribution in [0.2, 0.25) is 0 Å². The minimum Gasteiger partial charge on any atom is -0.461 e. The van der Waals surface area contributed by atoms with Gasteiger partial charge < -0.3 is 4.74 Å². The maximum Gasteiger partial charge on any atom is 0.355 e. The third-order valence-corrected chi connectivity index (χ3v) is 2.44. The van der Waals surface area contributed by atoms with Crippen LogP contribution in [0.3, 0.4) is 0 Å². The highest BCUT2D eigenvalue weighted by Crippen LogP contribution is 2.11. The van der Waals surface area contributed by atoms with Crippen molar-refractivity contribution in [1.29, 1.82) is 0 Å². The number of esters is 1. The van der Waals surface area contributed by atoms with Crippen LogP contribution in [-0.4, -0.2) is 22.0 Å². The Kier molecular flexibility index (Phi) is 3.10. The number of carbonyl (C=O) groups is 1. The Morgan fingerprint density at radius 2 is 2.38 bits per heavy atom. The molecule has 0 radical (unpaired) electrons. The first kappa shape index (κ1) is 11.0. The molecule has 2 heterocycles. The highest BCUT2D eigenvalue weighted by molar-refractivity contribution is 6.16. The quantitative estimate of drug-likeness (QED) is 0.609. The Balaban J connectivity index is 2.52. The fourth-order valence-electron chi connectivity index (χ4n) is 1.50. The number of nitrogens with zero attached hydrogens (tertiary/aromatic N) is 2. The first-order chi connectivity index (χ1) is 7.76. The molecule has 0 N–H and O–H groups in total. The molecule has 84 valence electrons. The standard InChI is InChI=1S/C11H11ClN2O2/c1-2-16-11(15)9-4-3-5-10-13-8(6-12)7-14(9)10/h3-5,7H,2,6H2,1H3. The molecule has 0 saturated heterocycles. The van der Waals surface area contributed by atoms with E-state index in [9.17, 15) is 4.79 Å². The minimum atomic E-state index is -0.355. The SMILES string of the molecule is CCOC(=O)c1cccc2nc(CCl)cn12. The Morgan fingerprint density at radius 3 is 3.06 bits per heavy atom. The van der Waals surface area contributed by atoms with Gasteiger partial charge in [0.15, 0.2) is 0 Å². The van der Waals surface area contributed by atoms with Crippen LogP contribution >= 0.6 is 11.6 Å². The molecule has 0 amide bonds. The van der Waals surface area contributed by atoms with E-state index >= 15 is 0 Å².